The van der Waals surface area contributed by atoms with Crippen molar-refractivity contribution in [3.63, 3.8) is 0 Å². The van der Waals surface area contributed by atoms with E-state index in [-0.39, 0.29) is 12.5 Å². The van der Waals surface area contributed by atoms with Gasteiger partial charge in [0.2, 0.25) is 5.91 Å². The summed E-state index contributed by atoms with van der Waals surface area (Å²) in [5.41, 5.74) is 0. The minimum atomic E-state index is 0.122. The second-order valence-corrected chi connectivity index (χ2v) is 5.61. The van der Waals surface area contributed by atoms with Crippen LogP contribution in [0.1, 0.15) is 58.3 Å². The number of amides is 1. The quantitative estimate of drug-likeness (QED) is 0.663. The van der Waals surface area contributed by atoms with Gasteiger partial charge in [0.25, 0.3) is 0 Å². The predicted molar refractivity (Wildman–Crippen MR) is 78.1 cm³/mol. The molecule has 2 N–H and O–H groups in total. The Kier molecular flexibility index (Phi) is 8.84. The molecule has 0 spiro atoms. The summed E-state index contributed by atoms with van der Waals surface area (Å²) in [7, 11) is 0. The summed E-state index contributed by atoms with van der Waals surface area (Å²) in [5, 5.41) is 12.2. The molecule has 0 heterocycles. The number of hydrogen-bond acceptors (Lipinski definition) is 3. The van der Waals surface area contributed by atoms with Crippen LogP contribution < -0.4 is 5.32 Å². The lowest BCUT2D eigenvalue weighted by molar-refractivity contribution is -0.123. The minimum absolute atomic E-state index is 0.122. The van der Waals surface area contributed by atoms with Crippen molar-refractivity contribution in [2.24, 2.45) is 0 Å². The van der Waals surface area contributed by atoms with Crippen LogP contribution in [0.25, 0.3) is 0 Å². The Bertz CT molecular complexity index is 238. The highest BCUT2D eigenvalue weighted by molar-refractivity contribution is 5.78. The minimum Gasteiger partial charge on any atom is -0.395 e. The lowest BCUT2D eigenvalue weighted by Crippen LogP contribution is -2.43. The number of nitrogens with zero attached hydrogens (tertiary/aromatic N) is 1. The molecule has 0 atom stereocenters. The van der Waals surface area contributed by atoms with Crippen molar-refractivity contribution in [1.29, 1.82) is 0 Å². The van der Waals surface area contributed by atoms with E-state index in [0.717, 1.165) is 32.2 Å². The molecule has 0 bridgehead atoms. The molecule has 1 amide bonds. The Labute approximate surface area is 117 Å². The Morgan fingerprint density at radius 3 is 2.47 bits per heavy atom. The Morgan fingerprint density at radius 2 is 1.89 bits per heavy atom. The molecule has 1 rings (SSSR count). The summed E-state index contributed by atoms with van der Waals surface area (Å²) in [6.07, 6.45) is 9.53. The highest BCUT2D eigenvalue weighted by atomic mass is 16.3. The highest BCUT2D eigenvalue weighted by Gasteiger charge is 2.16. The monoisotopic (exact) mass is 270 g/mol. The van der Waals surface area contributed by atoms with Crippen LogP contribution in [0.4, 0.5) is 0 Å². The van der Waals surface area contributed by atoms with Gasteiger partial charge in [-0.25, -0.2) is 0 Å². The lowest BCUT2D eigenvalue weighted by Gasteiger charge is -2.22. The van der Waals surface area contributed by atoms with Crippen LogP contribution in [-0.4, -0.2) is 48.2 Å². The third kappa shape index (κ3) is 7.53. The third-order valence-electron chi connectivity index (χ3n) is 3.83. The average molecular weight is 270 g/mol. The highest BCUT2D eigenvalue weighted by Crippen LogP contribution is 2.17. The molecule has 0 unspecified atom stereocenters. The van der Waals surface area contributed by atoms with E-state index in [1.165, 1.54) is 25.7 Å². The number of unbranched alkanes of at least 4 members (excludes halogenated alkanes) is 1. The molecular formula is C15H30N2O2. The molecule has 1 aliphatic rings. The van der Waals surface area contributed by atoms with Crippen molar-refractivity contribution in [3.8, 4) is 0 Å². The molecule has 112 valence electrons. The zero-order valence-electron chi connectivity index (χ0n) is 12.4. The fourth-order valence-corrected chi connectivity index (χ4v) is 2.69. The SMILES string of the molecule is CCCCN(CCO)CC(=O)NC1CCCCCC1. The molecule has 1 saturated carbocycles. The first-order chi connectivity index (χ1) is 9.26. The number of carbonyl (C=O) groups excluding carboxylic acids is 1. The maximum absolute atomic E-state index is 12.0. The summed E-state index contributed by atoms with van der Waals surface area (Å²) in [4.78, 5) is 14.1. The van der Waals surface area contributed by atoms with E-state index < -0.39 is 0 Å². The van der Waals surface area contributed by atoms with Gasteiger partial charge in [0.05, 0.1) is 13.2 Å². The van der Waals surface area contributed by atoms with Crippen molar-refractivity contribution in [1.82, 2.24) is 10.2 Å². The van der Waals surface area contributed by atoms with E-state index in [1.807, 2.05) is 0 Å². The first kappa shape index (κ1) is 16.4. The summed E-state index contributed by atoms with van der Waals surface area (Å²) in [6, 6.07) is 0.372. The van der Waals surface area contributed by atoms with Gasteiger partial charge in [-0.1, -0.05) is 39.0 Å². The van der Waals surface area contributed by atoms with Gasteiger partial charge in [0, 0.05) is 12.6 Å². The predicted octanol–water partition coefficient (Wildman–Crippen LogP) is 1.92. The number of hydrogen-bond donors (Lipinski definition) is 2. The second kappa shape index (κ2) is 10.2. The van der Waals surface area contributed by atoms with Crippen molar-refractivity contribution in [3.05, 3.63) is 0 Å². The van der Waals surface area contributed by atoms with Crippen LogP contribution in [0.5, 0.6) is 0 Å². The van der Waals surface area contributed by atoms with E-state index in [9.17, 15) is 4.79 Å². The van der Waals surface area contributed by atoms with Crippen molar-refractivity contribution < 1.29 is 9.90 Å². The first-order valence-electron chi connectivity index (χ1n) is 7.88. The van der Waals surface area contributed by atoms with E-state index in [0.29, 0.717) is 19.1 Å². The van der Waals surface area contributed by atoms with Gasteiger partial charge in [0.1, 0.15) is 0 Å². The molecule has 4 heteroatoms. The number of carbonyl (C=O) groups is 1. The molecule has 0 aliphatic heterocycles. The molecule has 4 nitrogen and oxygen atoms in total. The van der Waals surface area contributed by atoms with Gasteiger partial charge in [-0.05, 0) is 25.8 Å². The molecule has 1 aliphatic carbocycles. The maximum Gasteiger partial charge on any atom is 0.234 e. The van der Waals surface area contributed by atoms with Crippen molar-refractivity contribution in [2.45, 2.75) is 64.3 Å². The maximum atomic E-state index is 12.0. The molecule has 1 fully saturated rings. The van der Waals surface area contributed by atoms with E-state index in [1.54, 1.807) is 0 Å². The van der Waals surface area contributed by atoms with E-state index in [2.05, 4.69) is 17.1 Å². The molecule has 0 radical (unpaired) electrons. The number of aliphatic hydroxyl groups excluding tert-OH is 1. The summed E-state index contributed by atoms with van der Waals surface area (Å²) >= 11 is 0. The standard InChI is InChI=1S/C15H30N2O2/c1-2-3-10-17(11-12-18)13-15(19)16-14-8-6-4-5-7-9-14/h14,18H,2-13H2,1H3,(H,16,19). The first-order valence-corrected chi connectivity index (χ1v) is 7.88. The van der Waals surface area contributed by atoms with Gasteiger partial charge in [-0.2, -0.15) is 0 Å². The molecule has 0 aromatic heterocycles. The van der Waals surface area contributed by atoms with Gasteiger partial charge >= 0.3 is 0 Å². The largest absolute Gasteiger partial charge is 0.395 e. The molecule has 0 aromatic rings. The van der Waals surface area contributed by atoms with Crippen LogP contribution in [0.3, 0.4) is 0 Å². The Hall–Kier alpha value is -0.610. The van der Waals surface area contributed by atoms with Gasteiger partial charge in [-0.3, -0.25) is 9.69 Å². The van der Waals surface area contributed by atoms with Crippen LogP contribution >= 0.6 is 0 Å². The fraction of sp³-hybridized carbons (Fsp3) is 0.933. The zero-order chi connectivity index (χ0) is 13.9. The topological polar surface area (TPSA) is 52.6 Å². The molecule has 0 saturated heterocycles. The third-order valence-corrected chi connectivity index (χ3v) is 3.83. The van der Waals surface area contributed by atoms with Crippen LogP contribution in [0, 0.1) is 0 Å². The van der Waals surface area contributed by atoms with Crippen LogP contribution in [0.15, 0.2) is 0 Å². The van der Waals surface area contributed by atoms with E-state index >= 15 is 0 Å². The number of aliphatic hydroxyl groups is 1. The second-order valence-electron chi connectivity index (χ2n) is 5.61. The fourth-order valence-electron chi connectivity index (χ4n) is 2.69. The van der Waals surface area contributed by atoms with Gasteiger partial charge in [-0.15, -0.1) is 0 Å². The lowest BCUT2D eigenvalue weighted by atomic mass is 10.1. The van der Waals surface area contributed by atoms with Crippen LogP contribution in [0.2, 0.25) is 0 Å². The van der Waals surface area contributed by atoms with Gasteiger partial charge < -0.3 is 10.4 Å². The normalized spacial score (nSPS) is 17.4. The van der Waals surface area contributed by atoms with Crippen molar-refractivity contribution >= 4 is 5.91 Å². The molecular weight excluding hydrogens is 240 g/mol. The van der Waals surface area contributed by atoms with Crippen molar-refractivity contribution in [2.75, 3.05) is 26.2 Å². The smallest absolute Gasteiger partial charge is 0.234 e. The number of rotatable bonds is 8. The summed E-state index contributed by atoms with van der Waals surface area (Å²) in [5.74, 6) is 0.122. The number of nitrogens with one attached hydrogen (secondary N) is 1. The molecule has 0 aromatic carbocycles. The average Bonchev–Trinajstić information content (AvgIpc) is 2.64. The van der Waals surface area contributed by atoms with Gasteiger partial charge in [0.15, 0.2) is 0 Å². The Morgan fingerprint density at radius 1 is 1.21 bits per heavy atom. The Balaban J connectivity index is 2.29. The summed E-state index contributed by atoms with van der Waals surface area (Å²) < 4.78 is 0. The van der Waals surface area contributed by atoms with Crippen LogP contribution in [-0.2, 0) is 4.79 Å². The molecule has 19 heavy (non-hydrogen) atoms. The van der Waals surface area contributed by atoms with E-state index in [4.69, 9.17) is 5.11 Å². The zero-order valence-corrected chi connectivity index (χ0v) is 12.4. The summed E-state index contributed by atoms with van der Waals surface area (Å²) in [6.45, 7) is 4.19.